The van der Waals surface area contributed by atoms with Crippen molar-refractivity contribution in [2.24, 2.45) is 5.73 Å². The van der Waals surface area contributed by atoms with Crippen molar-refractivity contribution in [3.05, 3.63) is 34.9 Å². The molecule has 88 valence electrons. The SMILES string of the molecule is CCC(CCN)c1ccc2c(c1)CCCC2. The van der Waals surface area contributed by atoms with E-state index in [1.165, 1.54) is 37.7 Å². The molecule has 0 spiro atoms. The third-order valence-electron chi connectivity index (χ3n) is 3.85. The molecular weight excluding hydrogens is 194 g/mol. The number of benzene rings is 1. The molecule has 0 bridgehead atoms. The van der Waals surface area contributed by atoms with E-state index in [1.54, 1.807) is 11.1 Å². The summed E-state index contributed by atoms with van der Waals surface area (Å²) in [6, 6.07) is 7.12. The number of hydrogen-bond acceptors (Lipinski definition) is 1. The number of hydrogen-bond donors (Lipinski definition) is 1. The molecular formula is C15H23N. The van der Waals surface area contributed by atoms with Crippen LogP contribution in [-0.4, -0.2) is 6.54 Å². The topological polar surface area (TPSA) is 26.0 Å². The van der Waals surface area contributed by atoms with Gasteiger partial charge in [-0.2, -0.15) is 0 Å². The Kier molecular flexibility index (Phi) is 4.00. The first-order chi connectivity index (χ1) is 7.85. The Labute approximate surface area is 99.0 Å². The summed E-state index contributed by atoms with van der Waals surface area (Å²) in [5.74, 6) is 0.664. The van der Waals surface area contributed by atoms with Crippen molar-refractivity contribution in [1.82, 2.24) is 0 Å². The smallest absolute Gasteiger partial charge is 0.00714 e. The highest BCUT2D eigenvalue weighted by molar-refractivity contribution is 5.35. The molecule has 1 atom stereocenters. The van der Waals surface area contributed by atoms with E-state index in [9.17, 15) is 0 Å². The zero-order chi connectivity index (χ0) is 11.4. The van der Waals surface area contributed by atoms with E-state index in [4.69, 9.17) is 5.73 Å². The lowest BCUT2D eigenvalue weighted by molar-refractivity contribution is 0.610. The Morgan fingerprint density at radius 2 is 1.94 bits per heavy atom. The lowest BCUT2D eigenvalue weighted by atomic mass is 9.86. The number of fused-ring (bicyclic) bond motifs is 1. The van der Waals surface area contributed by atoms with Crippen molar-refractivity contribution in [1.29, 1.82) is 0 Å². The first-order valence-corrected chi connectivity index (χ1v) is 6.67. The fourth-order valence-corrected chi connectivity index (χ4v) is 2.81. The van der Waals surface area contributed by atoms with Gasteiger partial charge in [-0.1, -0.05) is 25.1 Å². The third-order valence-corrected chi connectivity index (χ3v) is 3.85. The molecule has 0 saturated carbocycles. The van der Waals surface area contributed by atoms with E-state index in [0.29, 0.717) is 5.92 Å². The normalized spacial score (nSPS) is 16.9. The van der Waals surface area contributed by atoms with Gasteiger partial charge in [-0.15, -0.1) is 0 Å². The van der Waals surface area contributed by atoms with Crippen LogP contribution >= 0.6 is 0 Å². The Morgan fingerprint density at radius 1 is 1.19 bits per heavy atom. The average molecular weight is 217 g/mol. The molecule has 0 fully saturated rings. The van der Waals surface area contributed by atoms with E-state index in [1.807, 2.05) is 0 Å². The van der Waals surface area contributed by atoms with Gasteiger partial charge in [0, 0.05) is 0 Å². The summed E-state index contributed by atoms with van der Waals surface area (Å²) in [4.78, 5) is 0. The van der Waals surface area contributed by atoms with E-state index in [0.717, 1.165) is 13.0 Å². The van der Waals surface area contributed by atoms with Crippen molar-refractivity contribution in [2.45, 2.75) is 51.4 Å². The van der Waals surface area contributed by atoms with Crippen LogP contribution in [0.3, 0.4) is 0 Å². The first-order valence-electron chi connectivity index (χ1n) is 6.67. The van der Waals surface area contributed by atoms with Gasteiger partial charge in [0.1, 0.15) is 0 Å². The van der Waals surface area contributed by atoms with Gasteiger partial charge in [0.05, 0.1) is 0 Å². The number of nitrogens with two attached hydrogens (primary N) is 1. The number of rotatable bonds is 4. The molecule has 0 radical (unpaired) electrons. The molecule has 2 N–H and O–H groups in total. The number of aryl methyl sites for hydroxylation is 2. The van der Waals surface area contributed by atoms with Crippen molar-refractivity contribution >= 4 is 0 Å². The molecule has 2 rings (SSSR count). The lowest BCUT2D eigenvalue weighted by Crippen LogP contribution is -2.09. The van der Waals surface area contributed by atoms with Gasteiger partial charge in [-0.25, -0.2) is 0 Å². The Hall–Kier alpha value is -0.820. The molecule has 1 unspecified atom stereocenters. The minimum atomic E-state index is 0.664. The maximum atomic E-state index is 5.68. The van der Waals surface area contributed by atoms with Crippen molar-refractivity contribution in [2.75, 3.05) is 6.54 Å². The molecule has 0 saturated heterocycles. The largest absolute Gasteiger partial charge is 0.330 e. The second-order valence-corrected chi connectivity index (χ2v) is 4.92. The zero-order valence-corrected chi connectivity index (χ0v) is 10.3. The highest BCUT2D eigenvalue weighted by Crippen LogP contribution is 2.28. The van der Waals surface area contributed by atoms with E-state index in [-0.39, 0.29) is 0 Å². The monoisotopic (exact) mass is 217 g/mol. The summed E-state index contributed by atoms with van der Waals surface area (Å²) >= 11 is 0. The van der Waals surface area contributed by atoms with E-state index >= 15 is 0 Å². The summed E-state index contributed by atoms with van der Waals surface area (Å²) in [7, 11) is 0. The molecule has 0 amide bonds. The van der Waals surface area contributed by atoms with Crippen LogP contribution in [0, 0.1) is 0 Å². The standard InChI is InChI=1S/C15H23N/c1-2-12(9-10-16)15-8-7-13-5-3-4-6-14(13)11-15/h7-8,11-12H,2-6,9-10,16H2,1H3. The van der Waals surface area contributed by atoms with Gasteiger partial charge < -0.3 is 5.73 Å². The Bertz CT molecular complexity index is 343. The van der Waals surface area contributed by atoms with Crippen LogP contribution in [0.5, 0.6) is 0 Å². The van der Waals surface area contributed by atoms with Crippen molar-refractivity contribution in [3.8, 4) is 0 Å². The highest BCUT2D eigenvalue weighted by Gasteiger charge is 2.13. The van der Waals surface area contributed by atoms with E-state index in [2.05, 4.69) is 25.1 Å². The predicted molar refractivity (Wildman–Crippen MR) is 69.8 cm³/mol. The van der Waals surface area contributed by atoms with E-state index < -0.39 is 0 Å². The van der Waals surface area contributed by atoms with Gasteiger partial charge in [-0.3, -0.25) is 0 Å². The third kappa shape index (κ3) is 2.46. The predicted octanol–water partition coefficient (Wildman–Crippen LogP) is 3.41. The molecule has 16 heavy (non-hydrogen) atoms. The zero-order valence-electron chi connectivity index (χ0n) is 10.3. The van der Waals surface area contributed by atoms with Crippen LogP contribution in [0.1, 0.15) is 55.2 Å². The van der Waals surface area contributed by atoms with Crippen molar-refractivity contribution in [3.63, 3.8) is 0 Å². The fraction of sp³-hybridized carbons (Fsp3) is 0.600. The second kappa shape index (κ2) is 5.49. The molecule has 1 heteroatoms. The quantitative estimate of drug-likeness (QED) is 0.821. The minimum Gasteiger partial charge on any atom is -0.330 e. The van der Waals surface area contributed by atoms with Crippen LogP contribution in [0.2, 0.25) is 0 Å². The Balaban J connectivity index is 2.21. The molecule has 1 aliphatic rings. The lowest BCUT2D eigenvalue weighted by Gasteiger charge is -2.20. The van der Waals surface area contributed by atoms with Crippen LogP contribution in [0.4, 0.5) is 0 Å². The Morgan fingerprint density at radius 3 is 2.62 bits per heavy atom. The molecule has 0 aliphatic heterocycles. The second-order valence-electron chi connectivity index (χ2n) is 4.92. The van der Waals surface area contributed by atoms with Gasteiger partial charge in [0.25, 0.3) is 0 Å². The molecule has 1 aliphatic carbocycles. The summed E-state index contributed by atoms with van der Waals surface area (Å²) in [5.41, 5.74) is 10.4. The average Bonchev–Trinajstić information content (AvgIpc) is 2.35. The summed E-state index contributed by atoms with van der Waals surface area (Å²) in [6.45, 7) is 3.06. The molecule has 0 heterocycles. The van der Waals surface area contributed by atoms with Gasteiger partial charge in [0.15, 0.2) is 0 Å². The maximum absolute atomic E-state index is 5.68. The fourth-order valence-electron chi connectivity index (χ4n) is 2.81. The van der Waals surface area contributed by atoms with Gasteiger partial charge >= 0.3 is 0 Å². The molecule has 1 nitrogen and oxygen atoms in total. The molecule has 1 aromatic rings. The molecule has 0 aromatic heterocycles. The van der Waals surface area contributed by atoms with Crippen LogP contribution in [0.15, 0.2) is 18.2 Å². The van der Waals surface area contributed by atoms with Gasteiger partial charge in [0.2, 0.25) is 0 Å². The van der Waals surface area contributed by atoms with Crippen LogP contribution < -0.4 is 5.73 Å². The highest BCUT2D eigenvalue weighted by atomic mass is 14.5. The van der Waals surface area contributed by atoms with Crippen molar-refractivity contribution < 1.29 is 0 Å². The first kappa shape index (κ1) is 11.7. The maximum Gasteiger partial charge on any atom is -0.00714 e. The summed E-state index contributed by atoms with van der Waals surface area (Å²) in [5, 5.41) is 0. The van der Waals surface area contributed by atoms with Gasteiger partial charge in [-0.05, 0) is 67.7 Å². The van der Waals surface area contributed by atoms with Crippen LogP contribution in [0.25, 0.3) is 0 Å². The van der Waals surface area contributed by atoms with Crippen LogP contribution in [-0.2, 0) is 12.8 Å². The summed E-state index contributed by atoms with van der Waals surface area (Å²) < 4.78 is 0. The minimum absolute atomic E-state index is 0.664. The summed E-state index contributed by atoms with van der Waals surface area (Å²) in [6.07, 6.45) is 7.62. The molecule has 1 aromatic carbocycles.